The maximum absolute atomic E-state index is 12.3. The fourth-order valence-corrected chi connectivity index (χ4v) is 3.17. The highest BCUT2D eigenvalue weighted by Gasteiger charge is 2.11. The van der Waals surface area contributed by atoms with Gasteiger partial charge in [0.1, 0.15) is 5.75 Å². The summed E-state index contributed by atoms with van der Waals surface area (Å²) in [6.45, 7) is 7.92. The molecule has 0 saturated carbocycles. The van der Waals surface area contributed by atoms with E-state index in [-0.39, 0.29) is 11.9 Å². The van der Waals surface area contributed by atoms with Crippen molar-refractivity contribution in [3.63, 3.8) is 0 Å². The highest BCUT2D eigenvalue weighted by molar-refractivity contribution is 5.92. The van der Waals surface area contributed by atoms with Crippen LogP contribution in [0.2, 0.25) is 0 Å². The number of carbonyl (C=O) groups is 1. The zero-order valence-corrected chi connectivity index (χ0v) is 16.6. The quantitative estimate of drug-likeness (QED) is 0.742. The molecular weight excluding hydrogens is 352 g/mol. The van der Waals surface area contributed by atoms with E-state index in [1.807, 2.05) is 56.3 Å². The van der Waals surface area contributed by atoms with Crippen LogP contribution >= 0.6 is 0 Å². The number of ether oxygens (including phenoxy) is 2. The molecule has 1 amide bonds. The Kier molecular flexibility index (Phi) is 7.09. The lowest BCUT2D eigenvalue weighted by molar-refractivity contribution is -0.117. The maximum Gasteiger partial charge on any atom is 0.244 e. The number of rotatable bonds is 7. The highest BCUT2D eigenvalue weighted by atomic mass is 16.5. The molecule has 3 rings (SSSR count). The first-order valence-electron chi connectivity index (χ1n) is 9.80. The molecule has 0 spiro atoms. The Bertz CT molecular complexity index is 796. The van der Waals surface area contributed by atoms with Gasteiger partial charge in [0.05, 0.1) is 25.9 Å². The number of morpholine rings is 1. The summed E-state index contributed by atoms with van der Waals surface area (Å²) < 4.78 is 10.9. The molecule has 1 saturated heterocycles. The number of hydrogen-bond donors (Lipinski definition) is 1. The van der Waals surface area contributed by atoms with Crippen LogP contribution in [0.15, 0.2) is 54.6 Å². The first-order valence-corrected chi connectivity index (χ1v) is 9.80. The topological polar surface area (TPSA) is 50.8 Å². The molecule has 0 bridgehead atoms. The fraction of sp³-hybridized carbons (Fsp3) is 0.348. The van der Waals surface area contributed by atoms with Gasteiger partial charge in [-0.1, -0.05) is 24.3 Å². The van der Waals surface area contributed by atoms with E-state index in [1.165, 1.54) is 5.69 Å². The van der Waals surface area contributed by atoms with Crippen molar-refractivity contribution < 1.29 is 14.3 Å². The summed E-state index contributed by atoms with van der Waals surface area (Å²) in [7, 11) is 0. The largest absolute Gasteiger partial charge is 0.494 e. The van der Waals surface area contributed by atoms with E-state index in [1.54, 1.807) is 6.08 Å². The van der Waals surface area contributed by atoms with E-state index in [4.69, 9.17) is 9.47 Å². The Morgan fingerprint density at radius 3 is 2.68 bits per heavy atom. The normalized spacial score (nSPS) is 15.4. The molecule has 1 aliphatic heterocycles. The number of anilines is 1. The van der Waals surface area contributed by atoms with Gasteiger partial charge < -0.3 is 19.7 Å². The van der Waals surface area contributed by atoms with Gasteiger partial charge in [-0.3, -0.25) is 4.79 Å². The van der Waals surface area contributed by atoms with Gasteiger partial charge in [-0.15, -0.1) is 0 Å². The smallest absolute Gasteiger partial charge is 0.244 e. The summed E-state index contributed by atoms with van der Waals surface area (Å²) in [4.78, 5) is 14.6. The Morgan fingerprint density at radius 1 is 1.21 bits per heavy atom. The number of amides is 1. The first kappa shape index (κ1) is 20.0. The molecule has 2 aromatic rings. The molecular formula is C23H28N2O3. The van der Waals surface area contributed by atoms with Crippen molar-refractivity contribution in [3.05, 3.63) is 65.7 Å². The maximum atomic E-state index is 12.3. The van der Waals surface area contributed by atoms with Crippen LogP contribution in [0, 0.1) is 0 Å². The lowest BCUT2D eigenvalue weighted by Crippen LogP contribution is -2.36. The van der Waals surface area contributed by atoms with Gasteiger partial charge in [-0.05, 0) is 55.3 Å². The summed E-state index contributed by atoms with van der Waals surface area (Å²) in [6.07, 6.45) is 3.41. The second-order valence-electron chi connectivity index (χ2n) is 6.76. The highest BCUT2D eigenvalue weighted by Crippen LogP contribution is 2.20. The van der Waals surface area contributed by atoms with E-state index < -0.39 is 0 Å². The molecule has 5 heteroatoms. The van der Waals surface area contributed by atoms with Crippen molar-refractivity contribution in [3.8, 4) is 5.75 Å². The zero-order chi connectivity index (χ0) is 19.8. The third-order valence-corrected chi connectivity index (χ3v) is 4.72. The molecule has 0 aliphatic carbocycles. The van der Waals surface area contributed by atoms with Crippen molar-refractivity contribution in [2.75, 3.05) is 37.8 Å². The third-order valence-electron chi connectivity index (χ3n) is 4.72. The minimum absolute atomic E-state index is 0.0961. The molecule has 1 N–H and O–H groups in total. The summed E-state index contributed by atoms with van der Waals surface area (Å²) in [6, 6.07) is 15.9. The Labute approximate surface area is 167 Å². The van der Waals surface area contributed by atoms with Gasteiger partial charge in [-0.25, -0.2) is 0 Å². The Balaban J connectivity index is 1.55. The van der Waals surface area contributed by atoms with Gasteiger partial charge in [0, 0.05) is 24.9 Å². The second kappa shape index (κ2) is 9.95. The molecule has 1 atom stereocenters. The standard InChI is InChI=1S/C23H28N2O3/c1-3-28-22-6-4-5-20(17-22)18(2)24-23(26)12-9-19-7-10-21(11-8-19)25-13-15-27-16-14-25/h4-12,17-18H,3,13-16H2,1-2H3,(H,24,26). The molecule has 148 valence electrons. The van der Waals surface area contributed by atoms with Gasteiger partial charge in [0.15, 0.2) is 0 Å². The first-order chi connectivity index (χ1) is 13.7. The number of carbonyl (C=O) groups excluding carboxylic acids is 1. The van der Waals surface area contributed by atoms with Crippen LogP contribution in [0.5, 0.6) is 5.75 Å². The predicted octanol–water partition coefficient (Wildman–Crippen LogP) is 3.81. The molecule has 2 aromatic carbocycles. The molecule has 1 unspecified atom stereocenters. The SMILES string of the molecule is CCOc1cccc(C(C)NC(=O)C=Cc2ccc(N3CCOCC3)cc2)c1. The van der Waals surface area contributed by atoms with Crippen LogP contribution in [-0.4, -0.2) is 38.8 Å². The van der Waals surface area contributed by atoms with E-state index in [2.05, 4.69) is 22.3 Å². The summed E-state index contributed by atoms with van der Waals surface area (Å²) in [5.41, 5.74) is 3.20. The molecule has 0 aromatic heterocycles. The summed E-state index contributed by atoms with van der Waals surface area (Å²) in [5, 5.41) is 3.00. The van der Waals surface area contributed by atoms with Crippen LogP contribution in [0.25, 0.3) is 6.08 Å². The van der Waals surface area contributed by atoms with Crippen molar-refractivity contribution in [1.29, 1.82) is 0 Å². The van der Waals surface area contributed by atoms with Crippen LogP contribution in [-0.2, 0) is 9.53 Å². The van der Waals surface area contributed by atoms with E-state index in [0.717, 1.165) is 43.2 Å². The average Bonchev–Trinajstić information content (AvgIpc) is 2.74. The Morgan fingerprint density at radius 2 is 1.96 bits per heavy atom. The fourth-order valence-electron chi connectivity index (χ4n) is 3.17. The average molecular weight is 380 g/mol. The van der Waals surface area contributed by atoms with Crippen molar-refractivity contribution in [2.45, 2.75) is 19.9 Å². The van der Waals surface area contributed by atoms with Gasteiger partial charge >= 0.3 is 0 Å². The molecule has 5 nitrogen and oxygen atoms in total. The van der Waals surface area contributed by atoms with Crippen molar-refractivity contribution in [2.24, 2.45) is 0 Å². The summed E-state index contributed by atoms with van der Waals surface area (Å²) in [5.74, 6) is 0.698. The minimum atomic E-state index is -0.119. The lowest BCUT2D eigenvalue weighted by Gasteiger charge is -2.28. The molecule has 1 aliphatic rings. The van der Waals surface area contributed by atoms with Crippen LogP contribution in [0.1, 0.15) is 31.0 Å². The number of nitrogens with zero attached hydrogens (tertiary/aromatic N) is 1. The van der Waals surface area contributed by atoms with Crippen LogP contribution in [0.3, 0.4) is 0 Å². The number of hydrogen-bond acceptors (Lipinski definition) is 4. The molecule has 28 heavy (non-hydrogen) atoms. The van der Waals surface area contributed by atoms with Crippen LogP contribution in [0.4, 0.5) is 5.69 Å². The molecule has 0 radical (unpaired) electrons. The monoisotopic (exact) mass is 380 g/mol. The van der Waals surface area contributed by atoms with E-state index in [9.17, 15) is 4.79 Å². The van der Waals surface area contributed by atoms with Gasteiger partial charge in [-0.2, -0.15) is 0 Å². The minimum Gasteiger partial charge on any atom is -0.494 e. The summed E-state index contributed by atoms with van der Waals surface area (Å²) >= 11 is 0. The zero-order valence-electron chi connectivity index (χ0n) is 16.6. The van der Waals surface area contributed by atoms with Gasteiger partial charge in [0.25, 0.3) is 0 Å². The van der Waals surface area contributed by atoms with Crippen molar-refractivity contribution >= 4 is 17.7 Å². The number of nitrogens with one attached hydrogen (secondary N) is 1. The second-order valence-corrected chi connectivity index (χ2v) is 6.76. The molecule has 1 heterocycles. The van der Waals surface area contributed by atoms with Gasteiger partial charge in [0.2, 0.25) is 5.91 Å². The van der Waals surface area contributed by atoms with E-state index >= 15 is 0 Å². The van der Waals surface area contributed by atoms with E-state index in [0.29, 0.717) is 6.61 Å². The third kappa shape index (κ3) is 5.60. The van der Waals surface area contributed by atoms with Crippen LogP contribution < -0.4 is 15.0 Å². The Hall–Kier alpha value is -2.79. The lowest BCUT2D eigenvalue weighted by atomic mass is 10.1. The molecule has 1 fully saturated rings. The predicted molar refractivity (Wildman–Crippen MR) is 113 cm³/mol. The number of benzene rings is 2. The van der Waals surface area contributed by atoms with Crippen molar-refractivity contribution in [1.82, 2.24) is 5.32 Å².